The van der Waals surface area contributed by atoms with Gasteiger partial charge in [0.2, 0.25) is 0 Å². The van der Waals surface area contributed by atoms with Gasteiger partial charge in [0.15, 0.2) is 0 Å². The zero-order valence-electron chi connectivity index (χ0n) is 10.3. The van der Waals surface area contributed by atoms with Crippen LogP contribution in [-0.2, 0) is 18.4 Å². The molecule has 4 heteroatoms. The van der Waals surface area contributed by atoms with Crippen LogP contribution in [0.25, 0.3) is 0 Å². The first-order valence-corrected chi connectivity index (χ1v) is 6.31. The summed E-state index contributed by atoms with van der Waals surface area (Å²) in [5.74, 6) is -0.478. The van der Waals surface area contributed by atoms with E-state index in [9.17, 15) is 13.9 Å². The van der Waals surface area contributed by atoms with Gasteiger partial charge >= 0.3 is 0 Å². The molecule has 3 rings (SSSR count). The largest absolute Gasteiger partial charge is 0.469 e. The smallest absolute Gasteiger partial charge is 0.126 e. The molecule has 1 unspecified atom stereocenters. The van der Waals surface area contributed by atoms with Gasteiger partial charge < -0.3 is 9.52 Å². The lowest BCUT2D eigenvalue weighted by atomic mass is 9.79. The van der Waals surface area contributed by atoms with E-state index >= 15 is 0 Å². The zero-order valence-corrected chi connectivity index (χ0v) is 10.3. The van der Waals surface area contributed by atoms with Gasteiger partial charge in [-0.2, -0.15) is 0 Å². The van der Waals surface area contributed by atoms with Crippen molar-refractivity contribution in [2.45, 2.75) is 31.3 Å². The van der Waals surface area contributed by atoms with Crippen LogP contribution in [0.1, 0.15) is 29.7 Å². The topological polar surface area (TPSA) is 33.4 Å². The lowest BCUT2D eigenvalue weighted by Crippen LogP contribution is -2.32. The number of halogens is 2. The predicted molar refractivity (Wildman–Crippen MR) is 65.6 cm³/mol. The summed E-state index contributed by atoms with van der Waals surface area (Å²) in [6.07, 6.45) is 3.90. The highest BCUT2D eigenvalue weighted by Crippen LogP contribution is 2.38. The molecule has 0 amide bonds. The molecule has 0 saturated heterocycles. The van der Waals surface area contributed by atoms with E-state index in [-0.39, 0.29) is 6.42 Å². The first-order chi connectivity index (χ1) is 9.07. The molecule has 0 aliphatic heterocycles. The van der Waals surface area contributed by atoms with Gasteiger partial charge in [-0.15, -0.1) is 0 Å². The fraction of sp³-hybridized carbons (Fsp3) is 0.333. The molecule has 0 radical (unpaired) electrons. The van der Waals surface area contributed by atoms with Gasteiger partial charge in [-0.3, -0.25) is 0 Å². The molecule has 1 heterocycles. The van der Waals surface area contributed by atoms with Crippen LogP contribution in [0.3, 0.4) is 0 Å². The number of rotatable bonds is 2. The number of aryl methyl sites for hydroxylation is 1. The van der Waals surface area contributed by atoms with Crippen LogP contribution in [-0.4, -0.2) is 5.11 Å². The molecular weight excluding hydrogens is 250 g/mol. The van der Waals surface area contributed by atoms with Crippen molar-refractivity contribution in [3.63, 3.8) is 0 Å². The molecule has 0 bridgehead atoms. The first-order valence-electron chi connectivity index (χ1n) is 6.31. The van der Waals surface area contributed by atoms with E-state index in [1.165, 1.54) is 12.1 Å². The summed E-state index contributed by atoms with van der Waals surface area (Å²) in [5.41, 5.74) is 0.0957. The highest BCUT2D eigenvalue weighted by Gasteiger charge is 2.36. The van der Waals surface area contributed by atoms with Crippen molar-refractivity contribution in [2.24, 2.45) is 0 Å². The van der Waals surface area contributed by atoms with Crippen molar-refractivity contribution < 1.29 is 18.3 Å². The van der Waals surface area contributed by atoms with Crippen LogP contribution in [0.4, 0.5) is 8.78 Å². The van der Waals surface area contributed by atoms with Crippen LogP contribution in [0, 0.1) is 11.6 Å². The van der Waals surface area contributed by atoms with E-state index < -0.39 is 17.2 Å². The summed E-state index contributed by atoms with van der Waals surface area (Å²) in [5, 5.41) is 10.7. The summed E-state index contributed by atoms with van der Waals surface area (Å²) in [7, 11) is 0. The second kappa shape index (κ2) is 4.46. The molecule has 1 aromatic heterocycles. The number of furan rings is 1. The van der Waals surface area contributed by atoms with Crippen molar-refractivity contribution in [3.8, 4) is 0 Å². The highest BCUT2D eigenvalue weighted by molar-refractivity contribution is 5.31. The maximum absolute atomic E-state index is 13.2. The Morgan fingerprint density at radius 1 is 1.21 bits per heavy atom. The molecule has 100 valence electrons. The van der Waals surface area contributed by atoms with Gasteiger partial charge in [0.25, 0.3) is 0 Å². The zero-order chi connectivity index (χ0) is 13.5. The van der Waals surface area contributed by atoms with E-state index in [2.05, 4.69) is 0 Å². The molecule has 19 heavy (non-hydrogen) atoms. The van der Waals surface area contributed by atoms with Crippen LogP contribution in [0.5, 0.6) is 0 Å². The third-order valence-electron chi connectivity index (χ3n) is 3.66. The average molecular weight is 264 g/mol. The number of aliphatic hydroxyl groups is 1. The van der Waals surface area contributed by atoms with Crippen molar-refractivity contribution >= 4 is 0 Å². The fourth-order valence-electron chi connectivity index (χ4n) is 2.86. The fourth-order valence-corrected chi connectivity index (χ4v) is 2.86. The second-order valence-corrected chi connectivity index (χ2v) is 5.10. The Morgan fingerprint density at radius 2 is 1.95 bits per heavy atom. The molecule has 1 aromatic carbocycles. The predicted octanol–water partition coefficient (Wildman–Crippen LogP) is 3.32. The summed E-state index contributed by atoms with van der Waals surface area (Å²) in [6.45, 7) is 0. The van der Waals surface area contributed by atoms with Gasteiger partial charge in [0.05, 0.1) is 11.9 Å². The lowest BCUT2D eigenvalue weighted by molar-refractivity contribution is 0.0167. The summed E-state index contributed by atoms with van der Waals surface area (Å²) >= 11 is 0. The number of hydrogen-bond donors (Lipinski definition) is 1. The molecule has 1 aliphatic carbocycles. The minimum atomic E-state index is -1.10. The molecule has 1 N–H and O–H groups in total. The number of hydrogen-bond acceptors (Lipinski definition) is 2. The molecule has 0 fully saturated rings. The molecular formula is C15H14F2O2. The molecule has 0 spiro atoms. The van der Waals surface area contributed by atoms with Gasteiger partial charge in [-0.05, 0) is 36.6 Å². The van der Waals surface area contributed by atoms with E-state index in [0.29, 0.717) is 12.0 Å². The minimum absolute atomic E-state index is 0.189. The third kappa shape index (κ3) is 2.28. The maximum atomic E-state index is 13.2. The minimum Gasteiger partial charge on any atom is -0.469 e. The van der Waals surface area contributed by atoms with Gasteiger partial charge in [0.1, 0.15) is 17.4 Å². The van der Waals surface area contributed by atoms with Crippen molar-refractivity contribution in [1.29, 1.82) is 0 Å². The molecule has 1 aliphatic rings. The SMILES string of the molecule is OC1(Cc2cc(F)cc(F)c2)CCCc2occc21. The average Bonchev–Trinajstić information content (AvgIpc) is 2.77. The highest BCUT2D eigenvalue weighted by atomic mass is 19.1. The summed E-state index contributed by atoms with van der Waals surface area (Å²) in [6, 6.07) is 5.09. The third-order valence-corrected chi connectivity index (χ3v) is 3.66. The van der Waals surface area contributed by atoms with Gasteiger partial charge in [-0.1, -0.05) is 0 Å². The monoisotopic (exact) mass is 264 g/mol. The first kappa shape index (κ1) is 12.4. The van der Waals surface area contributed by atoms with Crippen molar-refractivity contribution in [3.05, 3.63) is 59.1 Å². The molecule has 2 aromatic rings. The Balaban J connectivity index is 1.95. The number of fused-ring (bicyclic) bond motifs is 1. The molecule has 0 saturated carbocycles. The normalized spacial score (nSPS) is 22.3. The Morgan fingerprint density at radius 3 is 2.68 bits per heavy atom. The Kier molecular flexibility index (Phi) is 2.90. The quantitative estimate of drug-likeness (QED) is 0.902. The van der Waals surface area contributed by atoms with E-state index in [4.69, 9.17) is 4.42 Å². The standard InChI is InChI=1S/C15H14F2O2/c16-11-6-10(7-12(17)8-11)9-15(18)4-1-2-14-13(15)3-5-19-14/h3,5-8,18H,1-2,4,9H2. The van der Waals surface area contributed by atoms with E-state index in [0.717, 1.165) is 30.2 Å². The Bertz CT molecular complexity index is 586. The van der Waals surface area contributed by atoms with E-state index in [1.54, 1.807) is 12.3 Å². The Labute approximate surface area is 109 Å². The van der Waals surface area contributed by atoms with Crippen LogP contribution >= 0.6 is 0 Å². The van der Waals surface area contributed by atoms with Gasteiger partial charge in [-0.25, -0.2) is 8.78 Å². The van der Waals surface area contributed by atoms with Crippen molar-refractivity contribution in [2.75, 3.05) is 0 Å². The number of benzene rings is 1. The maximum Gasteiger partial charge on any atom is 0.126 e. The Hall–Kier alpha value is -1.68. The lowest BCUT2D eigenvalue weighted by Gasteiger charge is -2.31. The second-order valence-electron chi connectivity index (χ2n) is 5.10. The summed E-state index contributed by atoms with van der Waals surface area (Å²) < 4.78 is 31.7. The van der Waals surface area contributed by atoms with Crippen molar-refractivity contribution in [1.82, 2.24) is 0 Å². The van der Waals surface area contributed by atoms with Crippen LogP contribution in [0.15, 0.2) is 34.9 Å². The van der Waals surface area contributed by atoms with Gasteiger partial charge in [0, 0.05) is 24.5 Å². The molecule has 2 nitrogen and oxygen atoms in total. The van der Waals surface area contributed by atoms with E-state index in [1.807, 2.05) is 0 Å². The van der Waals surface area contributed by atoms with Crippen LogP contribution < -0.4 is 0 Å². The van der Waals surface area contributed by atoms with Crippen LogP contribution in [0.2, 0.25) is 0 Å². The summed E-state index contributed by atoms with van der Waals surface area (Å²) in [4.78, 5) is 0. The molecule has 1 atom stereocenters.